The van der Waals surface area contributed by atoms with Gasteiger partial charge in [0.25, 0.3) is 0 Å². The van der Waals surface area contributed by atoms with Crippen LogP contribution in [0.4, 0.5) is 4.39 Å². The van der Waals surface area contributed by atoms with E-state index in [1.807, 2.05) is 12.1 Å². The Morgan fingerprint density at radius 2 is 1.82 bits per heavy atom. The van der Waals surface area contributed by atoms with Crippen molar-refractivity contribution in [3.05, 3.63) is 57.5 Å². The molecular formula is C13H14ClFNS-. The maximum Gasteiger partial charge on any atom is 0.123 e. The second-order valence-corrected chi connectivity index (χ2v) is 4.76. The maximum absolute atomic E-state index is 12.7. The summed E-state index contributed by atoms with van der Waals surface area (Å²) in [6.07, 6.45) is 0. The second-order valence-electron chi connectivity index (χ2n) is 3.76. The number of nitrogens with one attached hydrogen (secondary N) is 1. The average molecular weight is 271 g/mol. The summed E-state index contributed by atoms with van der Waals surface area (Å²) in [5.74, 6) is -0.183. The molecule has 0 unspecified atom stereocenters. The normalized spacial score (nSPS) is 10.0. The van der Waals surface area contributed by atoms with Gasteiger partial charge in [0, 0.05) is 18.0 Å². The van der Waals surface area contributed by atoms with Gasteiger partial charge in [-0.25, -0.2) is 4.39 Å². The quantitative estimate of drug-likeness (QED) is 0.853. The molecule has 0 aliphatic rings. The van der Waals surface area contributed by atoms with E-state index >= 15 is 0 Å². The standard InChI is InChI=1S/C13H14FNS.ClH/c1-10-6-7-16-13(10)9-15-8-11-2-4-12(14)5-3-11;/h2-7,15H,8-9H2,1H3;1H/p-1. The van der Waals surface area contributed by atoms with Crippen molar-refractivity contribution in [3.8, 4) is 0 Å². The molecule has 1 aromatic carbocycles. The van der Waals surface area contributed by atoms with Crippen molar-refractivity contribution in [1.29, 1.82) is 0 Å². The first kappa shape index (κ1) is 14.2. The predicted octanol–water partition coefficient (Wildman–Crippen LogP) is 0.489. The van der Waals surface area contributed by atoms with Crippen LogP contribution in [-0.2, 0) is 13.1 Å². The van der Waals surface area contributed by atoms with Crippen LogP contribution in [0.15, 0.2) is 35.7 Å². The van der Waals surface area contributed by atoms with Gasteiger partial charge < -0.3 is 17.7 Å². The first-order valence-electron chi connectivity index (χ1n) is 5.24. The third-order valence-electron chi connectivity index (χ3n) is 2.50. The van der Waals surface area contributed by atoms with Crippen LogP contribution in [0.3, 0.4) is 0 Å². The molecule has 0 atom stereocenters. The molecule has 0 amide bonds. The zero-order chi connectivity index (χ0) is 11.4. The highest BCUT2D eigenvalue weighted by atomic mass is 35.5. The van der Waals surface area contributed by atoms with E-state index in [1.165, 1.54) is 22.6 Å². The van der Waals surface area contributed by atoms with Crippen molar-refractivity contribution in [2.45, 2.75) is 20.0 Å². The van der Waals surface area contributed by atoms with Crippen LogP contribution < -0.4 is 17.7 Å². The predicted molar refractivity (Wildman–Crippen MR) is 66.0 cm³/mol. The first-order valence-corrected chi connectivity index (χ1v) is 6.12. The highest BCUT2D eigenvalue weighted by Crippen LogP contribution is 2.15. The van der Waals surface area contributed by atoms with E-state index in [1.54, 1.807) is 11.3 Å². The molecular weight excluding hydrogens is 257 g/mol. The van der Waals surface area contributed by atoms with Gasteiger partial charge in [-0.2, -0.15) is 0 Å². The van der Waals surface area contributed by atoms with Crippen LogP contribution >= 0.6 is 11.3 Å². The molecule has 92 valence electrons. The van der Waals surface area contributed by atoms with E-state index in [-0.39, 0.29) is 18.2 Å². The molecule has 17 heavy (non-hydrogen) atoms. The molecule has 0 aliphatic carbocycles. The molecule has 0 saturated heterocycles. The van der Waals surface area contributed by atoms with Crippen molar-refractivity contribution in [2.24, 2.45) is 0 Å². The smallest absolute Gasteiger partial charge is 0.123 e. The summed E-state index contributed by atoms with van der Waals surface area (Å²) < 4.78 is 12.7. The number of aryl methyl sites for hydroxylation is 1. The minimum Gasteiger partial charge on any atom is -1.00 e. The van der Waals surface area contributed by atoms with Crippen molar-refractivity contribution in [3.63, 3.8) is 0 Å². The minimum absolute atomic E-state index is 0. The minimum atomic E-state index is -0.183. The Hall–Kier alpha value is -0.900. The summed E-state index contributed by atoms with van der Waals surface area (Å²) in [7, 11) is 0. The summed E-state index contributed by atoms with van der Waals surface area (Å²) >= 11 is 1.76. The Kier molecular flexibility index (Phi) is 5.62. The summed E-state index contributed by atoms with van der Waals surface area (Å²) in [5.41, 5.74) is 2.44. The van der Waals surface area contributed by atoms with Crippen LogP contribution in [0.2, 0.25) is 0 Å². The Morgan fingerprint density at radius 3 is 2.41 bits per heavy atom. The molecule has 4 heteroatoms. The lowest BCUT2D eigenvalue weighted by Crippen LogP contribution is -3.00. The fourth-order valence-electron chi connectivity index (χ4n) is 1.51. The van der Waals surface area contributed by atoms with E-state index in [0.717, 1.165) is 18.7 Å². The zero-order valence-corrected chi connectivity index (χ0v) is 11.1. The molecule has 0 fully saturated rings. The lowest BCUT2D eigenvalue weighted by molar-refractivity contribution is -0.00000387. The summed E-state index contributed by atoms with van der Waals surface area (Å²) in [4.78, 5) is 1.36. The molecule has 1 aromatic heterocycles. The van der Waals surface area contributed by atoms with Crippen LogP contribution in [0, 0.1) is 12.7 Å². The Balaban J connectivity index is 0.00000144. The Bertz CT molecular complexity index is 453. The summed E-state index contributed by atoms with van der Waals surface area (Å²) in [6, 6.07) is 8.73. The maximum atomic E-state index is 12.7. The first-order chi connectivity index (χ1) is 7.75. The highest BCUT2D eigenvalue weighted by molar-refractivity contribution is 7.10. The monoisotopic (exact) mass is 270 g/mol. The molecule has 1 N–H and O–H groups in total. The number of rotatable bonds is 4. The number of halogens is 2. The van der Waals surface area contributed by atoms with Crippen molar-refractivity contribution >= 4 is 11.3 Å². The summed E-state index contributed by atoms with van der Waals surface area (Å²) in [6.45, 7) is 3.77. The molecule has 1 nitrogen and oxygen atoms in total. The van der Waals surface area contributed by atoms with E-state index in [0.29, 0.717) is 0 Å². The second kappa shape index (κ2) is 6.74. The Labute approximate surface area is 111 Å². The van der Waals surface area contributed by atoms with Crippen LogP contribution in [0.1, 0.15) is 16.0 Å². The van der Waals surface area contributed by atoms with E-state index in [2.05, 4.69) is 23.7 Å². The van der Waals surface area contributed by atoms with E-state index in [9.17, 15) is 4.39 Å². The molecule has 2 aromatic rings. The molecule has 0 aliphatic heterocycles. The van der Waals surface area contributed by atoms with Crippen LogP contribution in [0.5, 0.6) is 0 Å². The van der Waals surface area contributed by atoms with Gasteiger partial charge in [-0.1, -0.05) is 12.1 Å². The van der Waals surface area contributed by atoms with Gasteiger partial charge >= 0.3 is 0 Å². The fraction of sp³-hybridized carbons (Fsp3) is 0.231. The SMILES string of the molecule is Cc1ccsc1CNCc1ccc(F)cc1.[Cl-]. The van der Waals surface area contributed by atoms with Gasteiger partial charge in [0.1, 0.15) is 5.82 Å². The third kappa shape index (κ3) is 4.11. The lowest BCUT2D eigenvalue weighted by Gasteiger charge is -2.04. The summed E-state index contributed by atoms with van der Waals surface area (Å²) in [5, 5.41) is 5.45. The van der Waals surface area contributed by atoms with Gasteiger partial charge in [0.05, 0.1) is 0 Å². The van der Waals surface area contributed by atoms with E-state index in [4.69, 9.17) is 0 Å². The molecule has 0 radical (unpaired) electrons. The van der Waals surface area contributed by atoms with Gasteiger partial charge in [0.15, 0.2) is 0 Å². The van der Waals surface area contributed by atoms with Gasteiger partial charge in [0.2, 0.25) is 0 Å². The molecule has 0 saturated carbocycles. The van der Waals surface area contributed by atoms with E-state index < -0.39 is 0 Å². The number of hydrogen-bond acceptors (Lipinski definition) is 2. The third-order valence-corrected chi connectivity index (χ3v) is 3.52. The van der Waals surface area contributed by atoms with Gasteiger partial charge in [-0.05, 0) is 41.6 Å². The molecule has 0 spiro atoms. The van der Waals surface area contributed by atoms with Gasteiger partial charge in [-0.15, -0.1) is 11.3 Å². The average Bonchev–Trinajstić information content (AvgIpc) is 2.68. The van der Waals surface area contributed by atoms with Gasteiger partial charge in [-0.3, -0.25) is 0 Å². The number of benzene rings is 1. The zero-order valence-electron chi connectivity index (χ0n) is 9.54. The molecule has 1 heterocycles. The van der Waals surface area contributed by atoms with Crippen molar-refractivity contribution < 1.29 is 16.8 Å². The van der Waals surface area contributed by atoms with Crippen LogP contribution in [0.25, 0.3) is 0 Å². The van der Waals surface area contributed by atoms with Crippen molar-refractivity contribution in [1.82, 2.24) is 5.32 Å². The topological polar surface area (TPSA) is 12.0 Å². The lowest BCUT2D eigenvalue weighted by atomic mass is 10.2. The fourth-order valence-corrected chi connectivity index (χ4v) is 2.38. The Morgan fingerprint density at radius 1 is 1.12 bits per heavy atom. The molecule has 0 bridgehead atoms. The number of thiophene rings is 1. The highest BCUT2D eigenvalue weighted by Gasteiger charge is 1.99. The van der Waals surface area contributed by atoms with Crippen molar-refractivity contribution in [2.75, 3.05) is 0 Å². The largest absolute Gasteiger partial charge is 1.00 e. The van der Waals surface area contributed by atoms with Crippen LogP contribution in [-0.4, -0.2) is 0 Å². The molecule has 2 rings (SSSR count). The number of hydrogen-bond donors (Lipinski definition) is 1.